The van der Waals surface area contributed by atoms with Crippen LogP contribution in [0.2, 0.25) is 0 Å². The van der Waals surface area contributed by atoms with Gasteiger partial charge in [-0.3, -0.25) is 0 Å². The summed E-state index contributed by atoms with van der Waals surface area (Å²) >= 11 is 1.69. The van der Waals surface area contributed by atoms with Crippen LogP contribution >= 0.6 is 11.3 Å². The predicted molar refractivity (Wildman–Crippen MR) is 67.9 cm³/mol. The van der Waals surface area contributed by atoms with Crippen molar-refractivity contribution in [3.8, 4) is 0 Å². The SMILES string of the molecule is Cc1ccc(N)c(Nc2sccc2C)c1. The fraction of sp³-hybridized carbons (Fsp3) is 0.167. The molecular weight excluding hydrogens is 204 g/mol. The molecule has 2 rings (SSSR count). The van der Waals surface area contributed by atoms with Crippen LogP contribution in [-0.2, 0) is 0 Å². The van der Waals surface area contributed by atoms with Crippen molar-refractivity contribution in [2.24, 2.45) is 0 Å². The fourth-order valence-corrected chi connectivity index (χ4v) is 2.23. The van der Waals surface area contributed by atoms with Gasteiger partial charge in [0.1, 0.15) is 0 Å². The van der Waals surface area contributed by atoms with Crippen molar-refractivity contribution in [1.29, 1.82) is 0 Å². The van der Waals surface area contributed by atoms with E-state index in [0.29, 0.717) is 0 Å². The molecule has 0 aliphatic carbocycles. The Morgan fingerprint density at radius 2 is 2.00 bits per heavy atom. The average Bonchev–Trinajstić information content (AvgIpc) is 2.58. The van der Waals surface area contributed by atoms with Gasteiger partial charge in [0.2, 0.25) is 0 Å². The lowest BCUT2D eigenvalue weighted by atomic mass is 10.2. The molecule has 1 aromatic heterocycles. The van der Waals surface area contributed by atoms with E-state index in [9.17, 15) is 0 Å². The van der Waals surface area contributed by atoms with Crippen molar-refractivity contribution < 1.29 is 0 Å². The zero-order valence-corrected chi connectivity index (χ0v) is 9.69. The highest BCUT2D eigenvalue weighted by Crippen LogP contribution is 2.29. The van der Waals surface area contributed by atoms with Crippen LogP contribution in [0, 0.1) is 13.8 Å². The Kier molecular flexibility index (Phi) is 2.64. The highest BCUT2D eigenvalue weighted by Gasteiger charge is 2.03. The van der Waals surface area contributed by atoms with E-state index in [1.54, 1.807) is 11.3 Å². The normalized spacial score (nSPS) is 10.3. The van der Waals surface area contributed by atoms with E-state index in [1.807, 2.05) is 12.1 Å². The first-order valence-electron chi connectivity index (χ1n) is 4.84. The molecule has 15 heavy (non-hydrogen) atoms. The number of rotatable bonds is 2. The lowest BCUT2D eigenvalue weighted by Gasteiger charge is -2.09. The van der Waals surface area contributed by atoms with Crippen molar-refractivity contribution in [2.45, 2.75) is 13.8 Å². The molecule has 3 N–H and O–H groups in total. The van der Waals surface area contributed by atoms with Gasteiger partial charge in [-0.1, -0.05) is 6.07 Å². The highest BCUT2D eigenvalue weighted by atomic mass is 32.1. The number of hydrogen-bond acceptors (Lipinski definition) is 3. The van der Waals surface area contributed by atoms with E-state index in [0.717, 1.165) is 16.4 Å². The van der Waals surface area contributed by atoms with Crippen LogP contribution in [0.1, 0.15) is 11.1 Å². The van der Waals surface area contributed by atoms with Gasteiger partial charge >= 0.3 is 0 Å². The number of aryl methyl sites for hydroxylation is 2. The van der Waals surface area contributed by atoms with Gasteiger partial charge in [0, 0.05) is 0 Å². The van der Waals surface area contributed by atoms with Crippen LogP contribution < -0.4 is 11.1 Å². The van der Waals surface area contributed by atoms with Crippen molar-refractivity contribution in [3.05, 3.63) is 40.8 Å². The zero-order valence-electron chi connectivity index (χ0n) is 8.87. The Morgan fingerprint density at radius 1 is 1.20 bits per heavy atom. The fourth-order valence-electron chi connectivity index (χ4n) is 1.40. The number of nitrogens with two attached hydrogens (primary N) is 1. The largest absolute Gasteiger partial charge is 0.397 e. The van der Waals surface area contributed by atoms with Gasteiger partial charge in [-0.2, -0.15) is 0 Å². The van der Waals surface area contributed by atoms with Crippen LogP contribution in [0.4, 0.5) is 16.4 Å². The summed E-state index contributed by atoms with van der Waals surface area (Å²) in [5.41, 5.74) is 10.1. The van der Waals surface area contributed by atoms with E-state index < -0.39 is 0 Å². The number of nitrogens with one attached hydrogen (secondary N) is 1. The summed E-state index contributed by atoms with van der Waals surface area (Å²) < 4.78 is 0. The molecule has 0 amide bonds. The second-order valence-electron chi connectivity index (χ2n) is 3.65. The van der Waals surface area contributed by atoms with E-state index in [4.69, 9.17) is 5.73 Å². The molecule has 0 aliphatic heterocycles. The molecule has 0 fully saturated rings. The van der Waals surface area contributed by atoms with Gasteiger partial charge in [0.15, 0.2) is 0 Å². The summed E-state index contributed by atoms with van der Waals surface area (Å²) in [6.07, 6.45) is 0. The van der Waals surface area contributed by atoms with Crippen molar-refractivity contribution in [3.63, 3.8) is 0 Å². The minimum Gasteiger partial charge on any atom is -0.397 e. The van der Waals surface area contributed by atoms with Crippen LogP contribution in [0.3, 0.4) is 0 Å². The Morgan fingerprint density at radius 3 is 2.67 bits per heavy atom. The van der Waals surface area contributed by atoms with Crippen LogP contribution in [0.15, 0.2) is 29.6 Å². The highest BCUT2D eigenvalue weighted by molar-refractivity contribution is 7.14. The number of nitrogen functional groups attached to an aromatic ring is 1. The monoisotopic (exact) mass is 218 g/mol. The first-order chi connectivity index (χ1) is 7.16. The van der Waals surface area contributed by atoms with Crippen LogP contribution in [0.25, 0.3) is 0 Å². The third-order valence-corrected chi connectivity index (χ3v) is 3.25. The first-order valence-corrected chi connectivity index (χ1v) is 5.72. The van der Waals surface area contributed by atoms with Crippen molar-refractivity contribution >= 4 is 27.7 Å². The maximum absolute atomic E-state index is 5.90. The third kappa shape index (κ3) is 2.13. The second kappa shape index (κ2) is 3.95. The first kappa shape index (κ1) is 10.1. The summed E-state index contributed by atoms with van der Waals surface area (Å²) in [5.74, 6) is 0. The van der Waals surface area contributed by atoms with E-state index >= 15 is 0 Å². The predicted octanol–water partition coefficient (Wildman–Crippen LogP) is 3.69. The van der Waals surface area contributed by atoms with E-state index in [1.165, 1.54) is 11.1 Å². The molecule has 2 aromatic rings. The molecule has 0 saturated heterocycles. The number of benzene rings is 1. The molecule has 0 bridgehead atoms. The maximum Gasteiger partial charge on any atom is 0.0956 e. The minimum atomic E-state index is 0.786. The van der Waals surface area contributed by atoms with Gasteiger partial charge in [0.25, 0.3) is 0 Å². The Bertz CT molecular complexity index is 474. The second-order valence-corrected chi connectivity index (χ2v) is 4.56. The summed E-state index contributed by atoms with van der Waals surface area (Å²) in [5, 5.41) is 6.59. The van der Waals surface area contributed by atoms with Crippen molar-refractivity contribution in [2.75, 3.05) is 11.1 Å². The molecule has 0 atom stereocenters. The zero-order chi connectivity index (χ0) is 10.8. The van der Waals surface area contributed by atoms with Gasteiger partial charge < -0.3 is 11.1 Å². The average molecular weight is 218 g/mol. The van der Waals surface area contributed by atoms with Crippen LogP contribution in [0.5, 0.6) is 0 Å². The molecule has 0 unspecified atom stereocenters. The van der Waals surface area contributed by atoms with Gasteiger partial charge in [-0.05, 0) is 48.6 Å². The Labute approximate surface area is 93.7 Å². The molecule has 2 nitrogen and oxygen atoms in total. The quantitative estimate of drug-likeness (QED) is 0.754. The maximum atomic E-state index is 5.90. The molecular formula is C12H14N2S. The van der Waals surface area contributed by atoms with E-state index in [-0.39, 0.29) is 0 Å². The lowest BCUT2D eigenvalue weighted by Crippen LogP contribution is -1.96. The molecule has 0 aliphatic rings. The molecule has 78 valence electrons. The van der Waals surface area contributed by atoms with Gasteiger partial charge in [-0.25, -0.2) is 0 Å². The molecule has 0 radical (unpaired) electrons. The molecule has 0 spiro atoms. The molecule has 3 heteroatoms. The third-order valence-electron chi connectivity index (χ3n) is 2.32. The summed E-state index contributed by atoms with van der Waals surface area (Å²) in [6, 6.07) is 8.11. The molecule has 1 aromatic carbocycles. The minimum absolute atomic E-state index is 0.786. The lowest BCUT2D eigenvalue weighted by molar-refractivity contribution is 1.44. The van der Waals surface area contributed by atoms with E-state index in [2.05, 4.69) is 36.7 Å². The summed E-state index contributed by atoms with van der Waals surface area (Å²) in [7, 11) is 0. The number of thiophene rings is 1. The topological polar surface area (TPSA) is 38.0 Å². The standard InChI is InChI=1S/C12H14N2S/c1-8-3-4-10(13)11(7-8)14-12-9(2)5-6-15-12/h3-7,14H,13H2,1-2H3. The van der Waals surface area contributed by atoms with Crippen molar-refractivity contribution in [1.82, 2.24) is 0 Å². The Balaban J connectivity index is 2.32. The van der Waals surface area contributed by atoms with Crippen LogP contribution in [-0.4, -0.2) is 0 Å². The number of hydrogen-bond donors (Lipinski definition) is 2. The van der Waals surface area contributed by atoms with Gasteiger partial charge in [-0.15, -0.1) is 11.3 Å². The smallest absolute Gasteiger partial charge is 0.0956 e. The molecule has 1 heterocycles. The number of anilines is 3. The van der Waals surface area contributed by atoms with Gasteiger partial charge in [0.05, 0.1) is 16.4 Å². The summed E-state index contributed by atoms with van der Waals surface area (Å²) in [4.78, 5) is 0. The summed E-state index contributed by atoms with van der Waals surface area (Å²) in [6.45, 7) is 4.15. The molecule has 0 saturated carbocycles. The Hall–Kier alpha value is -1.48.